The molecule has 1 saturated carbocycles. The van der Waals surface area contributed by atoms with Crippen LogP contribution in [0.3, 0.4) is 0 Å². The van der Waals surface area contributed by atoms with E-state index in [0.717, 1.165) is 23.8 Å². The maximum atomic E-state index is 13.4. The number of anilines is 1. The monoisotopic (exact) mass is 494 g/mol. The van der Waals surface area contributed by atoms with Crippen LogP contribution in [0.25, 0.3) is 22.2 Å². The lowest BCUT2D eigenvalue weighted by Gasteiger charge is -2.25. The van der Waals surface area contributed by atoms with Crippen molar-refractivity contribution in [3.8, 4) is 11.5 Å². The first-order valence-corrected chi connectivity index (χ1v) is 12.7. The van der Waals surface area contributed by atoms with Gasteiger partial charge < -0.3 is 9.32 Å². The van der Waals surface area contributed by atoms with E-state index in [1.807, 2.05) is 12.1 Å². The van der Waals surface area contributed by atoms with Crippen molar-refractivity contribution in [3.63, 3.8) is 0 Å². The van der Waals surface area contributed by atoms with Gasteiger partial charge in [0.05, 0.1) is 17.1 Å². The molecule has 1 amide bonds. The number of hydrogen-bond acceptors (Lipinski definition) is 6. The zero-order valence-corrected chi connectivity index (χ0v) is 19.5. The Morgan fingerprint density at radius 3 is 2.53 bits per heavy atom. The van der Waals surface area contributed by atoms with Crippen LogP contribution in [-0.4, -0.2) is 42.0 Å². The quantitative estimate of drug-likeness (QED) is 0.397. The van der Waals surface area contributed by atoms with Crippen molar-refractivity contribution < 1.29 is 17.6 Å². The number of halogens is 1. The van der Waals surface area contributed by atoms with Crippen molar-refractivity contribution >= 4 is 44.0 Å². The van der Waals surface area contributed by atoms with Crippen LogP contribution in [0.5, 0.6) is 0 Å². The van der Waals surface area contributed by atoms with Crippen molar-refractivity contribution in [1.29, 1.82) is 0 Å². The van der Waals surface area contributed by atoms with Gasteiger partial charge in [0.15, 0.2) is 0 Å². The topological polar surface area (TPSA) is 96.6 Å². The molecule has 0 saturated heterocycles. The molecule has 1 aliphatic heterocycles. The van der Waals surface area contributed by atoms with Crippen LogP contribution in [0.15, 0.2) is 70.0 Å². The molecule has 1 aliphatic carbocycles. The summed E-state index contributed by atoms with van der Waals surface area (Å²) in [5.41, 5.74) is 1.25. The second-order valence-electron chi connectivity index (χ2n) is 8.40. The molecule has 172 valence electrons. The summed E-state index contributed by atoms with van der Waals surface area (Å²) in [6.07, 6.45) is 1.71. The Kier molecular flexibility index (Phi) is 4.86. The Balaban J connectivity index is 1.25. The highest BCUT2D eigenvalue weighted by Crippen LogP contribution is 2.42. The molecule has 1 aromatic heterocycles. The molecule has 2 aliphatic rings. The van der Waals surface area contributed by atoms with Crippen LogP contribution >= 0.6 is 11.6 Å². The second-order valence-corrected chi connectivity index (χ2v) is 10.7. The van der Waals surface area contributed by atoms with Gasteiger partial charge in [-0.3, -0.25) is 9.10 Å². The minimum Gasteiger partial charge on any atom is -0.419 e. The van der Waals surface area contributed by atoms with Gasteiger partial charge in [-0.05, 0) is 54.6 Å². The Morgan fingerprint density at radius 2 is 1.79 bits per heavy atom. The van der Waals surface area contributed by atoms with Crippen LogP contribution < -0.4 is 4.31 Å². The summed E-state index contributed by atoms with van der Waals surface area (Å²) in [7, 11) is -3.82. The molecule has 0 bridgehead atoms. The largest absolute Gasteiger partial charge is 0.419 e. The van der Waals surface area contributed by atoms with E-state index in [-0.39, 0.29) is 29.9 Å². The number of aromatic nitrogens is 2. The van der Waals surface area contributed by atoms with Crippen molar-refractivity contribution in [2.24, 2.45) is 0 Å². The second kappa shape index (κ2) is 7.82. The van der Waals surface area contributed by atoms with E-state index in [1.54, 1.807) is 53.4 Å². The molecule has 2 heterocycles. The molecule has 0 spiro atoms. The molecule has 34 heavy (non-hydrogen) atoms. The number of carbonyl (C=O) groups is 1. The molecular weight excluding hydrogens is 476 g/mol. The van der Waals surface area contributed by atoms with Gasteiger partial charge in [-0.2, -0.15) is 0 Å². The number of nitrogens with zero attached hydrogens (tertiary/aromatic N) is 4. The summed E-state index contributed by atoms with van der Waals surface area (Å²) in [6.45, 7) is -0.167. The van der Waals surface area contributed by atoms with Gasteiger partial charge in [-0.15, -0.1) is 10.2 Å². The predicted molar refractivity (Wildman–Crippen MR) is 127 cm³/mol. The van der Waals surface area contributed by atoms with E-state index in [4.69, 9.17) is 16.0 Å². The summed E-state index contributed by atoms with van der Waals surface area (Å²) < 4.78 is 33.5. The molecular formula is C24H19ClN4O4S. The average molecular weight is 495 g/mol. The highest BCUT2D eigenvalue weighted by atomic mass is 35.5. The zero-order chi connectivity index (χ0) is 23.4. The lowest BCUT2D eigenvalue weighted by molar-refractivity contribution is -0.131. The minimum atomic E-state index is -3.82. The SMILES string of the molecule is O=C(CN1c2cccc3cccc(c23)S1(=O)=O)N(Cc1nnc(-c2ccc(Cl)cc2)o1)C1CC1. The van der Waals surface area contributed by atoms with Gasteiger partial charge >= 0.3 is 0 Å². The van der Waals surface area contributed by atoms with E-state index < -0.39 is 10.0 Å². The van der Waals surface area contributed by atoms with Gasteiger partial charge in [-0.1, -0.05) is 35.9 Å². The Bertz CT molecular complexity index is 1530. The van der Waals surface area contributed by atoms with Crippen LogP contribution in [0, 0.1) is 0 Å². The molecule has 6 rings (SSSR count). The van der Waals surface area contributed by atoms with Gasteiger partial charge in [0.2, 0.25) is 17.7 Å². The maximum absolute atomic E-state index is 13.4. The van der Waals surface area contributed by atoms with Crippen LogP contribution in [0.1, 0.15) is 18.7 Å². The Morgan fingerprint density at radius 1 is 1.06 bits per heavy atom. The normalized spacial score (nSPS) is 16.2. The predicted octanol–water partition coefficient (Wildman–Crippen LogP) is 4.24. The van der Waals surface area contributed by atoms with Crippen molar-refractivity contribution in [2.45, 2.75) is 30.3 Å². The highest BCUT2D eigenvalue weighted by Gasteiger charge is 2.40. The summed E-state index contributed by atoms with van der Waals surface area (Å²) in [5, 5.41) is 10.3. The van der Waals surface area contributed by atoms with E-state index in [9.17, 15) is 13.2 Å². The average Bonchev–Trinajstić information content (AvgIpc) is 3.53. The number of hydrogen-bond donors (Lipinski definition) is 0. The molecule has 4 aromatic rings. The molecule has 3 aromatic carbocycles. The zero-order valence-electron chi connectivity index (χ0n) is 17.9. The smallest absolute Gasteiger partial charge is 0.265 e. The lowest BCUT2D eigenvalue weighted by atomic mass is 10.1. The fraction of sp³-hybridized carbons (Fsp3) is 0.208. The fourth-order valence-corrected chi connectivity index (χ4v) is 6.11. The van der Waals surface area contributed by atoms with E-state index in [1.165, 1.54) is 4.31 Å². The Labute approximate surface area is 200 Å². The molecule has 1 fully saturated rings. The van der Waals surface area contributed by atoms with Crippen molar-refractivity contribution in [2.75, 3.05) is 10.8 Å². The van der Waals surface area contributed by atoms with E-state index >= 15 is 0 Å². The highest BCUT2D eigenvalue weighted by molar-refractivity contribution is 7.93. The third kappa shape index (κ3) is 3.52. The van der Waals surface area contributed by atoms with Crippen molar-refractivity contribution in [1.82, 2.24) is 15.1 Å². The first-order valence-electron chi connectivity index (χ1n) is 10.8. The maximum Gasteiger partial charge on any atom is 0.265 e. The number of carbonyl (C=O) groups excluding carboxylic acids is 1. The van der Waals surface area contributed by atoms with Crippen LogP contribution in [0.4, 0.5) is 5.69 Å². The molecule has 0 N–H and O–H groups in total. The summed E-state index contributed by atoms with van der Waals surface area (Å²) >= 11 is 5.94. The molecule has 0 radical (unpaired) electrons. The molecule has 0 unspecified atom stereocenters. The van der Waals surface area contributed by atoms with E-state index in [2.05, 4.69) is 10.2 Å². The Hall–Kier alpha value is -3.43. The van der Waals surface area contributed by atoms with Crippen LogP contribution in [-0.2, 0) is 21.4 Å². The van der Waals surface area contributed by atoms with Gasteiger partial charge in [-0.25, -0.2) is 8.42 Å². The summed E-state index contributed by atoms with van der Waals surface area (Å²) in [4.78, 5) is 15.2. The summed E-state index contributed by atoms with van der Waals surface area (Å²) in [5.74, 6) is 0.320. The van der Waals surface area contributed by atoms with Gasteiger partial charge in [0.25, 0.3) is 10.0 Å². The summed E-state index contributed by atoms with van der Waals surface area (Å²) in [6, 6.07) is 17.6. The first kappa shape index (κ1) is 21.1. The fourth-order valence-electron chi connectivity index (χ4n) is 4.32. The standard InChI is InChI=1S/C24H19ClN4O4S/c25-17-9-7-16(8-10-17)24-27-26-21(33-24)13-28(18-11-12-18)22(30)14-29-19-5-1-3-15-4-2-6-20(23(15)19)34(29,31)32/h1-10,18H,11-14H2. The lowest BCUT2D eigenvalue weighted by Crippen LogP contribution is -2.42. The van der Waals surface area contributed by atoms with Gasteiger partial charge in [0, 0.05) is 22.0 Å². The number of amides is 1. The third-order valence-electron chi connectivity index (χ3n) is 6.13. The molecule has 8 nitrogen and oxygen atoms in total. The number of sulfonamides is 1. The molecule has 10 heteroatoms. The number of rotatable bonds is 6. The van der Waals surface area contributed by atoms with E-state index in [0.29, 0.717) is 27.9 Å². The minimum absolute atomic E-state index is 0.0295. The van der Waals surface area contributed by atoms with Gasteiger partial charge in [0.1, 0.15) is 6.54 Å². The van der Waals surface area contributed by atoms with Crippen molar-refractivity contribution in [3.05, 3.63) is 71.6 Å². The molecule has 0 atom stereocenters. The van der Waals surface area contributed by atoms with Crippen LogP contribution in [0.2, 0.25) is 5.02 Å². The number of benzene rings is 3. The third-order valence-corrected chi connectivity index (χ3v) is 8.19. The first-order chi connectivity index (χ1) is 16.4.